The highest BCUT2D eigenvalue weighted by Crippen LogP contribution is 2.09. The van der Waals surface area contributed by atoms with Gasteiger partial charge in [0.1, 0.15) is 0 Å². The number of pyridine rings is 1. The molecule has 18 heavy (non-hydrogen) atoms. The zero-order chi connectivity index (χ0) is 12.6. The van der Waals surface area contributed by atoms with Crippen LogP contribution in [0.3, 0.4) is 0 Å². The van der Waals surface area contributed by atoms with Crippen LogP contribution in [0, 0.1) is 0 Å². The normalized spacial score (nSPS) is 10.3. The molecule has 1 aromatic heterocycles. The van der Waals surface area contributed by atoms with E-state index in [0.717, 1.165) is 25.2 Å². The van der Waals surface area contributed by atoms with Gasteiger partial charge in [-0.05, 0) is 48.4 Å². The maximum absolute atomic E-state index is 4.01. The first-order valence-corrected chi connectivity index (χ1v) is 6.25. The Balaban J connectivity index is 1.75. The quantitative estimate of drug-likeness (QED) is 0.763. The smallest absolute Gasteiger partial charge is 0.0340 e. The van der Waals surface area contributed by atoms with Crippen LogP contribution in [0.15, 0.2) is 48.8 Å². The summed E-state index contributed by atoms with van der Waals surface area (Å²) in [6.45, 7) is 1.88. The minimum atomic E-state index is 0.903. The molecular weight excluding hydrogens is 222 g/mol. The van der Waals surface area contributed by atoms with Crippen LogP contribution in [-0.4, -0.2) is 18.6 Å². The summed E-state index contributed by atoms with van der Waals surface area (Å²) in [5, 5.41) is 6.60. The molecule has 0 amide bonds. The Bertz CT molecular complexity index is 468. The van der Waals surface area contributed by atoms with Crippen molar-refractivity contribution in [3.05, 3.63) is 59.9 Å². The SMILES string of the molecule is CNc1cccc(CNCCc2ccncc2)c1. The molecule has 2 N–H and O–H groups in total. The van der Waals surface area contributed by atoms with Crippen molar-refractivity contribution in [2.24, 2.45) is 0 Å². The van der Waals surface area contributed by atoms with Crippen molar-refractivity contribution in [2.45, 2.75) is 13.0 Å². The molecule has 0 radical (unpaired) electrons. The van der Waals surface area contributed by atoms with Crippen molar-refractivity contribution in [1.29, 1.82) is 0 Å². The second kappa shape index (κ2) is 6.77. The first-order valence-electron chi connectivity index (χ1n) is 6.25. The summed E-state index contributed by atoms with van der Waals surface area (Å²) >= 11 is 0. The molecule has 0 spiro atoms. The minimum Gasteiger partial charge on any atom is -0.388 e. The first-order chi connectivity index (χ1) is 8.88. The van der Waals surface area contributed by atoms with Crippen molar-refractivity contribution in [3.8, 4) is 0 Å². The third-order valence-electron chi connectivity index (χ3n) is 2.88. The highest BCUT2D eigenvalue weighted by Gasteiger charge is 1.95. The van der Waals surface area contributed by atoms with Gasteiger partial charge in [0.2, 0.25) is 0 Å². The molecule has 3 nitrogen and oxygen atoms in total. The number of hydrogen-bond acceptors (Lipinski definition) is 3. The lowest BCUT2D eigenvalue weighted by atomic mass is 10.2. The van der Waals surface area contributed by atoms with Gasteiger partial charge in [-0.15, -0.1) is 0 Å². The summed E-state index contributed by atoms with van der Waals surface area (Å²) in [7, 11) is 1.94. The van der Waals surface area contributed by atoms with Gasteiger partial charge in [-0.2, -0.15) is 0 Å². The number of anilines is 1. The molecule has 3 heteroatoms. The third-order valence-corrected chi connectivity index (χ3v) is 2.88. The maximum Gasteiger partial charge on any atom is 0.0340 e. The molecule has 0 fully saturated rings. The molecule has 0 saturated carbocycles. The lowest BCUT2D eigenvalue weighted by Crippen LogP contribution is -2.16. The number of aromatic nitrogens is 1. The average Bonchev–Trinajstić information content (AvgIpc) is 2.45. The fourth-order valence-corrected chi connectivity index (χ4v) is 1.85. The van der Waals surface area contributed by atoms with Crippen LogP contribution in [0.4, 0.5) is 5.69 Å². The number of nitrogens with zero attached hydrogens (tertiary/aromatic N) is 1. The first kappa shape index (κ1) is 12.6. The van der Waals surface area contributed by atoms with Gasteiger partial charge in [-0.3, -0.25) is 4.98 Å². The van der Waals surface area contributed by atoms with E-state index >= 15 is 0 Å². The summed E-state index contributed by atoms with van der Waals surface area (Å²) in [4.78, 5) is 4.01. The van der Waals surface area contributed by atoms with Crippen LogP contribution in [-0.2, 0) is 13.0 Å². The van der Waals surface area contributed by atoms with Crippen LogP contribution in [0.5, 0.6) is 0 Å². The number of nitrogens with one attached hydrogen (secondary N) is 2. The number of rotatable bonds is 6. The van der Waals surface area contributed by atoms with Crippen molar-refractivity contribution >= 4 is 5.69 Å². The Hall–Kier alpha value is -1.87. The molecule has 0 aliphatic carbocycles. The van der Waals surface area contributed by atoms with E-state index in [0.29, 0.717) is 0 Å². The van der Waals surface area contributed by atoms with Gasteiger partial charge >= 0.3 is 0 Å². The van der Waals surface area contributed by atoms with E-state index in [-0.39, 0.29) is 0 Å². The monoisotopic (exact) mass is 241 g/mol. The van der Waals surface area contributed by atoms with E-state index in [1.807, 2.05) is 19.4 Å². The van der Waals surface area contributed by atoms with Gasteiger partial charge in [0.05, 0.1) is 0 Å². The van der Waals surface area contributed by atoms with Crippen molar-refractivity contribution in [3.63, 3.8) is 0 Å². The molecular formula is C15H19N3. The van der Waals surface area contributed by atoms with Gasteiger partial charge < -0.3 is 10.6 Å². The Morgan fingerprint density at radius 1 is 1.06 bits per heavy atom. The van der Waals surface area contributed by atoms with E-state index in [2.05, 4.69) is 52.0 Å². The van der Waals surface area contributed by atoms with Crippen LogP contribution in [0.1, 0.15) is 11.1 Å². The highest BCUT2D eigenvalue weighted by atomic mass is 14.8. The number of hydrogen-bond donors (Lipinski definition) is 2. The largest absolute Gasteiger partial charge is 0.388 e. The summed E-state index contributed by atoms with van der Waals surface area (Å²) in [6, 6.07) is 12.6. The van der Waals surface area contributed by atoms with E-state index in [1.165, 1.54) is 11.1 Å². The molecule has 0 unspecified atom stereocenters. The fraction of sp³-hybridized carbons (Fsp3) is 0.267. The molecule has 0 aliphatic heterocycles. The minimum absolute atomic E-state index is 0.903. The molecule has 0 aliphatic rings. The molecule has 0 bridgehead atoms. The van der Waals surface area contributed by atoms with Gasteiger partial charge in [0.25, 0.3) is 0 Å². The fourth-order valence-electron chi connectivity index (χ4n) is 1.85. The molecule has 94 valence electrons. The second-order valence-corrected chi connectivity index (χ2v) is 4.23. The molecule has 2 rings (SSSR count). The topological polar surface area (TPSA) is 37.0 Å². The zero-order valence-electron chi connectivity index (χ0n) is 10.7. The van der Waals surface area contributed by atoms with Crippen LogP contribution in [0.2, 0.25) is 0 Å². The lowest BCUT2D eigenvalue weighted by molar-refractivity contribution is 0.687. The van der Waals surface area contributed by atoms with Crippen LogP contribution < -0.4 is 10.6 Å². The second-order valence-electron chi connectivity index (χ2n) is 4.23. The van der Waals surface area contributed by atoms with E-state index in [1.54, 1.807) is 0 Å². The third kappa shape index (κ3) is 3.86. The predicted octanol–water partition coefficient (Wildman–Crippen LogP) is 2.46. The summed E-state index contributed by atoms with van der Waals surface area (Å²) < 4.78 is 0. The molecule has 0 saturated heterocycles. The van der Waals surface area contributed by atoms with Crippen LogP contribution >= 0.6 is 0 Å². The zero-order valence-corrected chi connectivity index (χ0v) is 10.7. The van der Waals surface area contributed by atoms with Crippen molar-refractivity contribution in [2.75, 3.05) is 18.9 Å². The van der Waals surface area contributed by atoms with Gasteiger partial charge in [-0.1, -0.05) is 12.1 Å². The molecule has 2 aromatic rings. The van der Waals surface area contributed by atoms with Gasteiger partial charge in [0.15, 0.2) is 0 Å². The highest BCUT2D eigenvalue weighted by molar-refractivity contribution is 5.44. The average molecular weight is 241 g/mol. The standard InChI is InChI=1S/C15H19N3/c1-16-15-4-2-3-14(11-15)12-18-10-7-13-5-8-17-9-6-13/h2-6,8-9,11,16,18H,7,10,12H2,1H3. The Morgan fingerprint density at radius 2 is 1.89 bits per heavy atom. The molecule has 1 heterocycles. The van der Waals surface area contributed by atoms with Crippen molar-refractivity contribution < 1.29 is 0 Å². The Labute approximate surface area is 108 Å². The summed E-state index contributed by atoms with van der Waals surface area (Å²) in [5.74, 6) is 0. The van der Waals surface area contributed by atoms with E-state index in [4.69, 9.17) is 0 Å². The van der Waals surface area contributed by atoms with E-state index < -0.39 is 0 Å². The number of benzene rings is 1. The predicted molar refractivity (Wildman–Crippen MR) is 75.6 cm³/mol. The van der Waals surface area contributed by atoms with Crippen molar-refractivity contribution in [1.82, 2.24) is 10.3 Å². The molecule has 0 atom stereocenters. The van der Waals surface area contributed by atoms with Crippen LogP contribution in [0.25, 0.3) is 0 Å². The van der Waals surface area contributed by atoms with E-state index in [9.17, 15) is 0 Å². The Kier molecular flexibility index (Phi) is 4.73. The lowest BCUT2D eigenvalue weighted by Gasteiger charge is -2.07. The molecule has 1 aromatic carbocycles. The van der Waals surface area contributed by atoms with Gasteiger partial charge in [0, 0.05) is 31.7 Å². The summed E-state index contributed by atoms with van der Waals surface area (Å²) in [5.41, 5.74) is 3.78. The van der Waals surface area contributed by atoms with Gasteiger partial charge in [-0.25, -0.2) is 0 Å². The maximum atomic E-state index is 4.01. The summed E-state index contributed by atoms with van der Waals surface area (Å²) in [6.07, 6.45) is 4.71. The Morgan fingerprint density at radius 3 is 2.67 bits per heavy atom.